The fourth-order valence-corrected chi connectivity index (χ4v) is 1.22. The molecule has 1 aromatic heterocycles. The summed E-state index contributed by atoms with van der Waals surface area (Å²) in [5, 5.41) is 18.5. The average Bonchev–Trinajstić information content (AvgIpc) is 2.55. The van der Waals surface area contributed by atoms with Crippen molar-refractivity contribution in [2.45, 2.75) is 26.3 Å². The first-order chi connectivity index (χ1) is 6.22. The van der Waals surface area contributed by atoms with Crippen molar-refractivity contribution in [3.8, 4) is 0 Å². The van der Waals surface area contributed by atoms with Crippen LogP contribution in [0, 0.1) is 5.92 Å². The summed E-state index contributed by atoms with van der Waals surface area (Å²) in [6.07, 6.45) is 2.35. The standard InChI is InChI=1S/C8H16N4O/c1-6(2)3-7(4-13)11-8-9-5-10-12-8/h5-7,13H,3-4H2,1-2H3,(H2,9,10,11,12). The molecule has 74 valence electrons. The van der Waals surface area contributed by atoms with Gasteiger partial charge in [0, 0.05) is 0 Å². The minimum atomic E-state index is 0.0490. The third kappa shape index (κ3) is 3.42. The van der Waals surface area contributed by atoms with Crippen molar-refractivity contribution < 1.29 is 5.11 Å². The van der Waals surface area contributed by atoms with Gasteiger partial charge in [-0.15, -0.1) is 0 Å². The second-order valence-corrected chi connectivity index (χ2v) is 3.49. The van der Waals surface area contributed by atoms with Crippen molar-refractivity contribution in [1.29, 1.82) is 0 Å². The quantitative estimate of drug-likeness (QED) is 0.627. The molecule has 0 aliphatic heterocycles. The summed E-state index contributed by atoms with van der Waals surface area (Å²) >= 11 is 0. The monoisotopic (exact) mass is 184 g/mol. The van der Waals surface area contributed by atoms with E-state index in [0.717, 1.165) is 6.42 Å². The molecule has 0 aromatic carbocycles. The van der Waals surface area contributed by atoms with Gasteiger partial charge in [-0.3, -0.25) is 0 Å². The highest BCUT2D eigenvalue weighted by molar-refractivity contribution is 5.22. The van der Waals surface area contributed by atoms with Crippen molar-refractivity contribution in [2.24, 2.45) is 5.92 Å². The highest BCUT2D eigenvalue weighted by atomic mass is 16.3. The second-order valence-electron chi connectivity index (χ2n) is 3.49. The number of aliphatic hydroxyl groups excluding tert-OH is 1. The average molecular weight is 184 g/mol. The van der Waals surface area contributed by atoms with Gasteiger partial charge in [-0.1, -0.05) is 13.8 Å². The summed E-state index contributed by atoms with van der Waals surface area (Å²) in [6, 6.07) is 0.0490. The Labute approximate surface area is 77.6 Å². The van der Waals surface area contributed by atoms with Crippen molar-refractivity contribution >= 4 is 5.95 Å². The molecular formula is C8H16N4O. The van der Waals surface area contributed by atoms with E-state index in [0.29, 0.717) is 11.9 Å². The van der Waals surface area contributed by atoms with Crippen LogP contribution in [0.25, 0.3) is 0 Å². The zero-order valence-corrected chi connectivity index (χ0v) is 7.99. The predicted molar refractivity (Wildman–Crippen MR) is 50.3 cm³/mol. The third-order valence-corrected chi connectivity index (χ3v) is 1.73. The number of H-pyrrole nitrogens is 1. The van der Waals surface area contributed by atoms with Gasteiger partial charge in [0.05, 0.1) is 12.6 Å². The van der Waals surface area contributed by atoms with E-state index in [2.05, 4.69) is 34.3 Å². The van der Waals surface area contributed by atoms with E-state index in [1.54, 1.807) is 0 Å². The highest BCUT2D eigenvalue weighted by Crippen LogP contribution is 2.07. The molecule has 0 aliphatic carbocycles. The maximum atomic E-state index is 9.05. The molecule has 1 aromatic rings. The lowest BCUT2D eigenvalue weighted by atomic mass is 10.0. The number of anilines is 1. The molecule has 0 bridgehead atoms. The van der Waals surface area contributed by atoms with Gasteiger partial charge in [0.25, 0.3) is 0 Å². The Morgan fingerprint density at radius 3 is 2.85 bits per heavy atom. The Hall–Kier alpha value is -1.10. The lowest BCUT2D eigenvalue weighted by Gasteiger charge is -2.16. The molecule has 0 amide bonds. The first-order valence-electron chi connectivity index (χ1n) is 4.45. The van der Waals surface area contributed by atoms with Gasteiger partial charge in [0.15, 0.2) is 0 Å². The smallest absolute Gasteiger partial charge is 0.218 e. The molecule has 1 unspecified atom stereocenters. The summed E-state index contributed by atoms with van der Waals surface area (Å²) in [5.74, 6) is 1.16. The van der Waals surface area contributed by atoms with Crippen LogP contribution in [0.5, 0.6) is 0 Å². The Balaban J connectivity index is 2.40. The minimum absolute atomic E-state index is 0.0490. The van der Waals surface area contributed by atoms with E-state index in [1.807, 2.05) is 0 Å². The number of nitrogens with one attached hydrogen (secondary N) is 2. The molecule has 5 nitrogen and oxygen atoms in total. The van der Waals surface area contributed by atoms with E-state index in [-0.39, 0.29) is 12.6 Å². The molecule has 0 aliphatic rings. The number of hydrogen-bond donors (Lipinski definition) is 3. The number of rotatable bonds is 5. The fraction of sp³-hybridized carbons (Fsp3) is 0.750. The highest BCUT2D eigenvalue weighted by Gasteiger charge is 2.10. The lowest BCUT2D eigenvalue weighted by Crippen LogP contribution is -2.26. The minimum Gasteiger partial charge on any atom is -0.394 e. The van der Waals surface area contributed by atoms with Gasteiger partial charge < -0.3 is 10.4 Å². The Morgan fingerprint density at radius 1 is 1.62 bits per heavy atom. The van der Waals surface area contributed by atoms with Gasteiger partial charge in [0.1, 0.15) is 6.33 Å². The van der Waals surface area contributed by atoms with Crippen molar-refractivity contribution in [3.05, 3.63) is 6.33 Å². The number of hydrogen-bond acceptors (Lipinski definition) is 4. The first-order valence-corrected chi connectivity index (χ1v) is 4.45. The van der Waals surface area contributed by atoms with Crippen molar-refractivity contribution in [1.82, 2.24) is 15.2 Å². The van der Waals surface area contributed by atoms with Gasteiger partial charge in [0.2, 0.25) is 5.95 Å². The molecule has 0 saturated heterocycles. The molecule has 5 heteroatoms. The van der Waals surface area contributed by atoms with Crippen LogP contribution in [0.3, 0.4) is 0 Å². The van der Waals surface area contributed by atoms with E-state index in [1.165, 1.54) is 6.33 Å². The van der Waals surface area contributed by atoms with E-state index in [4.69, 9.17) is 5.11 Å². The maximum Gasteiger partial charge on any atom is 0.218 e. The molecule has 0 fully saturated rings. The number of aromatic amines is 1. The van der Waals surface area contributed by atoms with Crippen molar-refractivity contribution in [2.75, 3.05) is 11.9 Å². The Morgan fingerprint density at radius 2 is 2.38 bits per heavy atom. The van der Waals surface area contributed by atoms with Gasteiger partial charge >= 0.3 is 0 Å². The van der Waals surface area contributed by atoms with Gasteiger partial charge in [-0.25, -0.2) is 10.1 Å². The largest absolute Gasteiger partial charge is 0.394 e. The van der Waals surface area contributed by atoms with E-state index < -0.39 is 0 Å². The van der Waals surface area contributed by atoms with Crippen LogP contribution < -0.4 is 5.32 Å². The third-order valence-electron chi connectivity index (χ3n) is 1.73. The summed E-state index contributed by atoms with van der Waals surface area (Å²) in [7, 11) is 0. The number of nitrogens with zero attached hydrogens (tertiary/aromatic N) is 2. The number of aromatic nitrogens is 3. The molecule has 1 heterocycles. The van der Waals surface area contributed by atoms with Crippen molar-refractivity contribution in [3.63, 3.8) is 0 Å². The lowest BCUT2D eigenvalue weighted by molar-refractivity contribution is 0.259. The Kier molecular flexibility index (Phi) is 3.70. The van der Waals surface area contributed by atoms with Gasteiger partial charge in [-0.05, 0) is 12.3 Å². The van der Waals surface area contributed by atoms with Crippen LogP contribution in [0.15, 0.2) is 6.33 Å². The molecule has 3 N–H and O–H groups in total. The first kappa shape index (κ1) is 9.98. The van der Waals surface area contributed by atoms with Crippen LogP contribution in [-0.2, 0) is 0 Å². The molecule has 0 saturated carbocycles. The summed E-state index contributed by atoms with van der Waals surface area (Å²) in [6.45, 7) is 4.34. The number of aliphatic hydroxyl groups is 1. The molecule has 1 atom stereocenters. The molecule has 1 rings (SSSR count). The predicted octanol–water partition coefficient (Wildman–Crippen LogP) is 0.624. The fourth-order valence-electron chi connectivity index (χ4n) is 1.22. The summed E-state index contributed by atoms with van der Waals surface area (Å²) in [4.78, 5) is 3.92. The summed E-state index contributed by atoms with van der Waals surface area (Å²) in [5.41, 5.74) is 0. The molecular weight excluding hydrogens is 168 g/mol. The maximum absolute atomic E-state index is 9.05. The van der Waals surface area contributed by atoms with Crippen LogP contribution in [0.2, 0.25) is 0 Å². The summed E-state index contributed by atoms with van der Waals surface area (Å²) < 4.78 is 0. The van der Waals surface area contributed by atoms with Crippen LogP contribution in [0.1, 0.15) is 20.3 Å². The molecule has 13 heavy (non-hydrogen) atoms. The normalized spacial score (nSPS) is 13.2. The van der Waals surface area contributed by atoms with Crippen LogP contribution >= 0.6 is 0 Å². The van der Waals surface area contributed by atoms with Crippen LogP contribution in [0.4, 0.5) is 5.95 Å². The molecule has 0 radical (unpaired) electrons. The van der Waals surface area contributed by atoms with E-state index in [9.17, 15) is 0 Å². The van der Waals surface area contributed by atoms with E-state index >= 15 is 0 Å². The second kappa shape index (κ2) is 4.81. The SMILES string of the molecule is CC(C)CC(CO)Nc1ncn[nH]1. The molecule has 0 spiro atoms. The van der Waals surface area contributed by atoms with Gasteiger partial charge in [-0.2, -0.15) is 5.10 Å². The zero-order valence-electron chi connectivity index (χ0n) is 7.99. The Bertz CT molecular complexity index is 222. The zero-order chi connectivity index (χ0) is 9.68. The van der Waals surface area contributed by atoms with Crippen LogP contribution in [-0.4, -0.2) is 32.9 Å². The topological polar surface area (TPSA) is 73.8 Å².